The van der Waals surface area contributed by atoms with E-state index < -0.39 is 5.60 Å². The van der Waals surface area contributed by atoms with E-state index >= 15 is 0 Å². The number of benzene rings is 1. The van der Waals surface area contributed by atoms with E-state index in [1.54, 1.807) is 11.9 Å². The van der Waals surface area contributed by atoms with Crippen LogP contribution in [0.3, 0.4) is 0 Å². The van der Waals surface area contributed by atoms with Gasteiger partial charge < -0.3 is 10.0 Å². The molecular weight excluding hydrogens is 226 g/mol. The molecule has 1 amide bonds. The van der Waals surface area contributed by atoms with Gasteiger partial charge in [0.2, 0.25) is 0 Å². The van der Waals surface area contributed by atoms with Gasteiger partial charge in [0.15, 0.2) is 0 Å². The van der Waals surface area contributed by atoms with Crippen LogP contribution in [0.15, 0.2) is 42.5 Å². The van der Waals surface area contributed by atoms with Crippen LogP contribution in [0.2, 0.25) is 0 Å². The maximum atomic E-state index is 12.3. The van der Waals surface area contributed by atoms with Crippen LogP contribution in [0.1, 0.15) is 25.7 Å². The fourth-order valence-corrected chi connectivity index (χ4v) is 2.43. The molecule has 0 saturated heterocycles. The number of amides is 1. The molecule has 1 fully saturated rings. The van der Waals surface area contributed by atoms with Gasteiger partial charge in [0.25, 0.3) is 5.91 Å². The van der Waals surface area contributed by atoms with Crippen molar-refractivity contribution in [2.75, 3.05) is 11.9 Å². The van der Waals surface area contributed by atoms with E-state index in [0.717, 1.165) is 18.5 Å². The minimum absolute atomic E-state index is 0.203. The number of carbonyl (C=O) groups is 1. The number of carbonyl (C=O) groups excluding carboxylic acids is 1. The van der Waals surface area contributed by atoms with Crippen molar-refractivity contribution in [3.63, 3.8) is 0 Å². The third kappa shape index (κ3) is 2.31. The Bertz CT molecular complexity index is 447. The molecule has 3 heteroatoms. The highest BCUT2D eigenvalue weighted by Gasteiger charge is 2.38. The summed E-state index contributed by atoms with van der Waals surface area (Å²) in [7, 11) is 1.71. The van der Waals surface area contributed by atoms with Gasteiger partial charge in [-0.05, 0) is 25.0 Å². The zero-order valence-corrected chi connectivity index (χ0v) is 10.7. The number of para-hydroxylation sites is 1. The molecule has 0 atom stereocenters. The van der Waals surface area contributed by atoms with Crippen LogP contribution >= 0.6 is 0 Å². The van der Waals surface area contributed by atoms with E-state index in [1.165, 1.54) is 0 Å². The van der Waals surface area contributed by atoms with E-state index in [9.17, 15) is 9.90 Å². The van der Waals surface area contributed by atoms with Crippen molar-refractivity contribution in [2.45, 2.75) is 31.3 Å². The summed E-state index contributed by atoms with van der Waals surface area (Å²) in [5, 5.41) is 10.4. The lowest BCUT2D eigenvalue weighted by Crippen LogP contribution is -2.38. The van der Waals surface area contributed by atoms with Crippen molar-refractivity contribution in [3.8, 4) is 0 Å². The molecule has 1 aromatic rings. The third-order valence-electron chi connectivity index (χ3n) is 3.70. The molecule has 0 aromatic heterocycles. The Morgan fingerprint density at radius 3 is 2.39 bits per heavy atom. The maximum Gasteiger partial charge on any atom is 0.256 e. The maximum absolute atomic E-state index is 12.3. The Hall–Kier alpha value is -1.61. The first kappa shape index (κ1) is 12.8. The number of aliphatic hydroxyl groups is 1. The van der Waals surface area contributed by atoms with Crippen LogP contribution in [-0.4, -0.2) is 23.7 Å². The number of rotatable bonds is 3. The van der Waals surface area contributed by atoms with Gasteiger partial charge in [-0.3, -0.25) is 4.79 Å². The highest BCUT2D eigenvalue weighted by molar-refractivity contribution is 6.06. The van der Waals surface area contributed by atoms with Crippen LogP contribution in [0.4, 0.5) is 5.69 Å². The highest BCUT2D eigenvalue weighted by atomic mass is 16.3. The monoisotopic (exact) mass is 245 g/mol. The van der Waals surface area contributed by atoms with Crippen LogP contribution in [0.25, 0.3) is 0 Å². The van der Waals surface area contributed by atoms with Crippen LogP contribution in [0, 0.1) is 0 Å². The van der Waals surface area contributed by atoms with E-state index in [0.29, 0.717) is 18.4 Å². The zero-order valence-electron chi connectivity index (χ0n) is 10.7. The van der Waals surface area contributed by atoms with Gasteiger partial charge >= 0.3 is 0 Å². The van der Waals surface area contributed by atoms with Crippen molar-refractivity contribution in [2.24, 2.45) is 0 Å². The van der Waals surface area contributed by atoms with Crippen molar-refractivity contribution in [1.29, 1.82) is 0 Å². The summed E-state index contributed by atoms with van der Waals surface area (Å²) < 4.78 is 0. The predicted octanol–water partition coefficient (Wildman–Crippen LogP) is 2.51. The molecule has 2 rings (SSSR count). The van der Waals surface area contributed by atoms with Gasteiger partial charge in [0.1, 0.15) is 0 Å². The molecule has 18 heavy (non-hydrogen) atoms. The van der Waals surface area contributed by atoms with Crippen molar-refractivity contribution in [1.82, 2.24) is 0 Å². The van der Waals surface area contributed by atoms with Crippen LogP contribution in [-0.2, 0) is 4.79 Å². The second-order valence-corrected chi connectivity index (χ2v) is 4.92. The Labute approximate surface area is 108 Å². The molecule has 1 aromatic carbocycles. The smallest absolute Gasteiger partial charge is 0.256 e. The molecule has 1 saturated carbocycles. The predicted molar refractivity (Wildman–Crippen MR) is 72.4 cm³/mol. The zero-order chi connectivity index (χ0) is 13.2. The normalized spacial score (nSPS) is 17.4. The molecule has 0 spiro atoms. The van der Waals surface area contributed by atoms with E-state index in [1.807, 2.05) is 30.3 Å². The van der Waals surface area contributed by atoms with Gasteiger partial charge in [-0.1, -0.05) is 37.6 Å². The van der Waals surface area contributed by atoms with Crippen LogP contribution in [0.5, 0.6) is 0 Å². The van der Waals surface area contributed by atoms with Gasteiger partial charge in [-0.2, -0.15) is 0 Å². The summed E-state index contributed by atoms with van der Waals surface area (Å²) in [5.41, 5.74) is 0.122. The molecule has 1 N–H and O–H groups in total. The molecule has 0 aliphatic heterocycles. The second kappa shape index (κ2) is 4.94. The van der Waals surface area contributed by atoms with E-state index in [-0.39, 0.29) is 5.91 Å². The Kier molecular flexibility index (Phi) is 3.53. The molecule has 1 aliphatic carbocycles. The fourth-order valence-electron chi connectivity index (χ4n) is 2.43. The molecule has 0 unspecified atom stereocenters. The van der Waals surface area contributed by atoms with Gasteiger partial charge in [0, 0.05) is 18.3 Å². The first-order valence-corrected chi connectivity index (χ1v) is 6.29. The highest BCUT2D eigenvalue weighted by Crippen LogP contribution is 2.36. The Morgan fingerprint density at radius 1 is 1.28 bits per heavy atom. The van der Waals surface area contributed by atoms with E-state index in [2.05, 4.69) is 6.58 Å². The molecule has 0 heterocycles. The summed E-state index contributed by atoms with van der Waals surface area (Å²) >= 11 is 0. The third-order valence-corrected chi connectivity index (χ3v) is 3.70. The summed E-state index contributed by atoms with van der Waals surface area (Å²) in [6.07, 6.45) is 3.19. The Morgan fingerprint density at radius 2 is 1.83 bits per heavy atom. The van der Waals surface area contributed by atoms with Gasteiger partial charge in [-0.25, -0.2) is 0 Å². The molecule has 1 aliphatic rings. The average molecular weight is 245 g/mol. The SMILES string of the molecule is C=C(C(=O)N(C)c1ccccc1)C1(O)CCCC1. The lowest BCUT2D eigenvalue weighted by molar-refractivity contribution is -0.117. The number of hydrogen-bond donors (Lipinski definition) is 1. The fraction of sp³-hybridized carbons (Fsp3) is 0.400. The molecule has 0 bridgehead atoms. The number of likely N-dealkylation sites (N-methyl/N-ethyl adjacent to an activating group) is 1. The summed E-state index contributed by atoms with van der Waals surface area (Å²) in [4.78, 5) is 13.8. The number of anilines is 1. The largest absolute Gasteiger partial charge is 0.385 e. The topological polar surface area (TPSA) is 40.5 Å². The summed E-state index contributed by atoms with van der Waals surface area (Å²) in [6, 6.07) is 9.40. The first-order valence-electron chi connectivity index (χ1n) is 6.29. The standard InChI is InChI=1S/C15H19NO2/c1-12(15(18)10-6-7-11-15)14(17)16(2)13-8-4-3-5-9-13/h3-5,8-9,18H,1,6-7,10-11H2,2H3. The Balaban J connectivity index is 2.14. The van der Waals surface area contributed by atoms with E-state index in [4.69, 9.17) is 0 Å². The van der Waals surface area contributed by atoms with Crippen molar-refractivity contribution < 1.29 is 9.90 Å². The molecular formula is C15H19NO2. The summed E-state index contributed by atoms with van der Waals surface area (Å²) in [6.45, 7) is 3.81. The molecule has 3 nitrogen and oxygen atoms in total. The minimum Gasteiger partial charge on any atom is -0.385 e. The van der Waals surface area contributed by atoms with Crippen molar-refractivity contribution in [3.05, 3.63) is 42.5 Å². The first-order chi connectivity index (χ1) is 8.54. The quantitative estimate of drug-likeness (QED) is 0.831. The molecule has 0 radical (unpaired) electrons. The van der Waals surface area contributed by atoms with Gasteiger partial charge in [0.05, 0.1) is 5.60 Å². The number of hydrogen-bond acceptors (Lipinski definition) is 2. The van der Waals surface area contributed by atoms with Gasteiger partial charge in [-0.15, -0.1) is 0 Å². The summed E-state index contributed by atoms with van der Waals surface area (Å²) in [5.74, 6) is -0.203. The van der Waals surface area contributed by atoms with Crippen molar-refractivity contribution >= 4 is 11.6 Å². The average Bonchev–Trinajstić information content (AvgIpc) is 2.85. The lowest BCUT2D eigenvalue weighted by atomic mass is 9.92. The minimum atomic E-state index is -1.000. The van der Waals surface area contributed by atoms with Crippen LogP contribution < -0.4 is 4.90 Å². The lowest BCUT2D eigenvalue weighted by Gasteiger charge is -2.27. The number of nitrogens with zero attached hydrogens (tertiary/aromatic N) is 1. The second-order valence-electron chi connectivity index (χ2n) is 4.92. The molecule has 96 valence electrons.